The first kappa shape index (κ1) is 19.9. The van der Waals surface area contributed by atoms with Crippen molar-refractivity contribution in [2.45, 2.75) is 64.8 Å². The second kappa shape index (κ2) is 9.05. The molecule has 1 aromatic rings. The predicted octanol–water partition coefficient (Wildman–Crippen LogP) is 3.25. The van der Waals surface area contributed by atoms with Crippen molar-refractivity contribution in [3.8, 4) is 0 Å². The third-order valence-electron chi connectivity index (χ3n) is 4.17. The van der Waals surface area contributed by atoms with Gasteiger partial charge in [0.05, 0.1) is 5.69 Å². The third kappa shape index (κ3) is 5.32. The first-order valence-corrected chi connectivity index (χ1v) is 7.53. The maximum Gasteiger partial charge on any atom is 0.289 e. The van der Waals surface area contributed by atoms with E-state index in [9.17, 15) is 4.79 Å². The molecule has 6 heteroatoms. The van der Waals surface area contributed by atoms with E-state index in [1.54, 1.807) is 6.07 Å². The quantitative estimate of drug-likeness (QED) is 0.771. The maximum atomic E-state index is 12.0. The number of carbonyl (C=O) groups excluding carboxylic acids is 1. The summed E-state index contributed by atoms with van der Waals surface area (Å²) in [6, 6.07) is 1.74. The summed E-state index contributed by atoms with van der Waals surface area (Å²) in [4.78, 5) is 12.0. The van der Waals surface area contributed by atoms with E-state index in [1.165, 1.54) is 0 Å². The molecule has 21 heavy (non-hydrogen) atoms. The van der Waals surface area contributed by atoms with Crippen molar-refractivity contribution >= 4 is 18.3 Å². The van der Waals surface area contributed by atoms with Crippen LogP contribution >= 0.6 is 12.4 Å². The summed E-state index contributed by atoms with van der Waals surface area (Å²) < 4.78 is 5.14. The maximum absolute atomic E-state index is 12.0. The number of nitrogens with one attached hydrogen (secondary N) is 1. The molecule has 0 saturated heterocycles. The van der Waals surface area contributed by atoms with Crippen molar-refractivity contribution in [1.29, 1.82) is 0 Å². The summed E-state index contributed by atoms with van der Waals surface area (Å²) in [6.45, 7) is 8.70. The molecule has 122 valence electrons. The van der Waals surface area contributed by atoms with E-state index in [-0.39, 0.29) is 29.6 Å². The lowest BCUT2D eigenvalue weighted by molar-refractivity contribution is 0.0905. The van der Waals surface area contributed by atoms with Gasteiger partial charge in [0.15, 0.2) is 0 Å². The number of amides is 1. The highest BCUT2D eigenvalue weighted by molar-refractivity contribution is 5.91. The Bertz CT molecular complexity index is 426. The van der Waals surface area contributed by atoms with Crippen LogP contribution in [-0.4, -0.2) is 23.1 Å². The molecule has 1 aromatic heterocycles. The van der Waals surface area contributed by atoms with Crippen LogP contribution in [0.1, 0.15) is 75.5 Å². The van der Waals surface area contributed by atoms with Crippen LogP contribution in [0.15, 0.2) is 10.6 Å². The standard InChI is InChI=1S/C15H27N3O2.ClH/c1-5-11(6-2)12-9-13(20-18-12)14(19)17-10-15(16,7-3)8-4;/h9,11H,5-8,10,16H2,1-4H3,(H,17,19);1H. The minimum atomic E-state index is -0.353. The molecule has 1 amide bonds. The number of hydrogen-bond acceptors (Lipinski definition) is 4. The number of nitrogens with two attached hydrogens (primary N) is 1. The first-order valence-electron chi connectivity index (χ1n) is 7.53. The van der Waals surface area contributed by atoms with Crippen molar-refractivity contribution in [3.05, 3.63) is 17.5 Å². The molecule has 0 bridgehead atoms. The highest BCUT2D eigenvalue weighted by atomic mass is 35.5. The van der Waals surface area contributed by atoms with Crippen LogP contribution in [0.25, 0.3) is 0 Å². The molecule has 0 radical (unpaired) electrons. The molecule has 0 aliphatic heterocycles. The van der Waals surface area contributed by atoms with Gasteiger partial charge in [0.1, 0.15) is 0 Å². The lowest BCUT2D eigenvalue weighted by Crippen LogP contribution is -2.49. The molecule has 0 aliphatic rings. The van der Waals surface area contributed by atoms with Crippen LogP contribution in [0, 0.1) is 0 Å². The molecule has 0 saturated carbocycles. The van der Waals surface area contributed by atoms with Crippen LogP contribution < -0.4 is 11.1 Å². The Balaban J connectivity index is 0.00000400. The summed E-state index contributed by atoms with van der Waals surface area (Å²) >= 11 is 0. The van der Waals surface area contributed by atoms with E-state index in [4.69, 9.17) is 10.3 Å². The Morgan fingerprint density at radius 2 is 1.90 bits per heavy atom. The van der Waals surface area contributed by atoms with E-state index in [0.717, 1.165) is 31.4 Å². The predicted molar refractivity (Wildman–Crippen MR) is 86.9 cm³/mol. The smallest absolute Gasteiger partial charge is 0.289 e. The molecule has 0 unspecified atom stereocenters. The van der Waals surface area contributed by atoms with Crippen molar-refractivity contribution in [2.24, 2.45) is 5.73 Å². The molecule has 3 N–H and O–H groups in total. The zero-order chi connectivity index (χ0) is 15.2. The van der Waals surface area contributed by atoms with Gasteiger partial charge in [0.25, 0.3) is 5.91 Å². The van der Waals surface area contributed by atoms with Gasteiger partial charge < -0.3 is 15.6 Å². The molecular weight excluding hydrogens is 290 g/mol. The van der Waals surface area contributed by atoms with Crippen molar-refractivity contribution in [1.82, 2.24) is 10.5 Å². The zero-order valence-corrected chi connectivity index (χ0v) is 14.3. The number of nitrogens with zero attached hydrogens (tertiary/aromatic N) is 1. The van der Waals surface area contributed by atoms with Gasteiger partial charge >= 0.3 is 0 Å². The van der Waals surface area contributed by atoms with Crippen molar-refractivity contribution in [2.75, 3.05) is 6.54 Å². The van der Waals surface area contributed by atoms with Gasteiger partial charge in [-0.2, -0.15) is 0 Å². The molecule has 1 rings (SSSR count). The summed E-state index contributed by atoms with van der Waals surface area (Å²) in [5.74, 6) is 0.369. The fraction of sp³-hybridized carbons (Fsp3) is 0.733. The summed E-state index contributed by atoms with van der Waals surface area (Å²) in [6.07, 6.45) is 3.61. The summed E-state index contributed by atoms with van der Waals surface area (Å²) in [5, 5.41) is 6.83. The molecule has 0 atom stereocenters. The van der Waals surface area contributed by atoms with E-state index in [2.05, 4.69) is 24.3 Å². The Morgan fingerprint density at radius 1 is 1.33 bits per heavy atom. The number of carbonyl (C=O) groups is 1. The number of aromatic nitrogens is 1. The Kier molecular flexibility index (Phi) is 8.59. The topological polar surface area (TPSA) is 81.2 Å². The van der Waals surface area contributed by atoms with E-state index < -0.39 is 0 Å². The van der Waals surface area contributed by atoms with E-state index in [0.29, 0.717) is 12.5 Å². The summed E-state index contributed by atoms with van der Waals surface area (Å²) in [5.41, 5.74) is 6.66. The number of rotatable bonds is 8. The van der Waals surface area contributed by atoms with Gasteiger partial charge in [-0.3, -0.25) is 4.79 Å². The van der Waals surface area contributed by atoms with Crippen molar-refractivity contribution in [3.63, 3.8) is 0 Å². The summed E-state index contributed by atoms with van der Waals surface area (Å²) in [7, 11) is 0. The van der Waals surface area contributed by atoms with Crippen LogP contribution in [-0.2, 0) is 0 Å². The van der Waals surface area contributed by atoms with Gasteiger partial charge in [-0.1, -0.05) is 32.9 Å². The average Bonchev–Trinajstić information content (AvgIpc) is 2.95. The second-order valence-corrected chi connectivity index (χ2v) is 5.38. The fourth-order valence-corrected chi connectivity index (χ4v) is 2.14. The average molecular weight is 318 g/mol. The largest absolute Gasteiger partial charge is 0.351 e. The highest BCUT2D eigenvalue weighted by Gasteiger charge is 2.23. The fourth-order valence-electron chi connectivity index (χ4n) is 2.14. The highest BCUT2D eigenvalue weighted by Crippen LogP contribution is 2.22. The lowest BCUT2D eigenvalue weighted by atomic mass is 9.94. The molecule has 0 aliphatic carbocycles. The van der Waals surface area contributed by atoms with Gasteiger partial charge in [-0.05, 0) is 25.7 Å². The normalized spacial score (nSPS) is 11.3. The van der Waals surface area contributed by atoms with Gasteiger partial charge in [-0.15, -0.1) is 12.4 Å². The van der Waals surface area contributed by atoms with Crippen molar-refractivity contribution < 1.29 is 9.32 Å². The molecular formula is C15H28ClN3O2. The van der Waals surface area contributed by atoms with Gasteiger partial charge in [-0.25, -0.2) is 0 Å². The Hall–Kier alpha value is -1.07. The lowest BCUT2D eigenvalue weighted by Gasteiger charge is -2.26. The van der Waals surface area contributed by atoms with Crippen LogP contribution in [0.2, 0.25) is 0 Å². The second-order valence-electron chi connectivity index (χ2n) is 5.38. The zero-order valence-electron chi connectivity index (χ0n) is 13.4. The SMILES string of the molecule is CCC(CC)c1cc(C(=O)NCC(N)(CC)CC)on1.Cl. The Morgan fingerprint density at radius 3 is 2.38 bits per heavy atom. The minimum absolute atomic E-state index is 0. The molecule has 0 fully saturated rings. The van der Waals surface area contributed by atoms with Crippen LogP contribution in [0.4, 0.5) is 0 Å². The Labute approximate surface area is 133 Å². The number of halogens is 1. The van der Waals surface area contributed by atoms with Gasteiger partial charge in [0.2, 0.25) is 5.76 Å². The minimum Gasteiger partial charge on any atom is -0.351 e. The van der Waals surface area contributed by atoms with Crippen LogP contribution in [0.5, 0.6) is 0 Å². The number of hydrogen-bond donors (Lipinski definition) is 2. The van der Waals surface area contributed by atoms with E-state index in [1.807, 2.05) is 13.8 Å². The molecule has 5 nitrogen and oxygen atoms in total. The molecule has 0 aromatic carbocycles. The third-order valence-corrected chi connectivity index (χ3v) is 4.17. The first-order chi connectivity index (χ1) is 9.49. The monoisotopic (exact) mass is 317 g/mol. The van der Waals surface area contributed by atoms with E-state index >= 15 is 0 Å². The van der Waals surface area contributed by atoms with Gasteiger partial charge in [0, 0.05) is 24.1 Å². The molecule has 0 spiro atoms. The molecule has 1 heterocycles. The van der Waals surface area contributed by atoms with Crippen LogP contribution in [0.3, 0.4) is 0 Å².